The van der Waals surface area contributed by atoms with Gasteiger partial charge in [-0.25, -0.2) is 9.67 Å². The van der Waals surface area contributed by atoms with E-state index in [2.05, 4.69) is 20.1 Å². The summed E-state index contributed by atoms with van der Waals surface area (Å²) in [5.74, 6) is -0.352. The van der Waals surface area contributed by atoms with Gasteiger partial charge in [0.15, 0.2) is 11.5 Å². The van der Waals surface area contributed by atoms with Crippen molar-refractivity contribution in [1.82, 2.24) is 19.7 Å². The van der Waals surface area contributed by atoms with Crippen LogP contribution < -0.4 is 0 Å². The Kier molecular flexibility index (Phi) is 5.77. The number of aryl methyl sites for hydroxylation is 1. The smallest absolute Gasteiger partial charge is 0.307 e. The maximum Gasteiger partial charge on any atom is 0.307 e. The Hall–Kier alpha value is -2.26. The molecular formula is C16H21N5O3S. The Morgan fingerprint density at radius 1 is 1.56 bits per heavy atom. The molecule has 2 aromatic heterocycles. The van der Waals surface area contributed by atoms with E-state index in [-0.39, 0.29) is 5.92 Å². The third-order valence-corrected chi connectivity index (χ3v) is 5.06. The first-order valence-corrected chi connectivity index (χ1v) is 9.06. The van der Waals surface area contributed by atoms with Crippen molar-refractivity contribution in [3.63, 3.8) is 0 Å². The zero-order valence-corrected chi connectivity index (χ0v) is 14.9. The van der Waals surface area contributed by atoms with E-state index in [1.165, 1.54) is 6.33 Å². The predicted molar refractivity (Wildman–Crippen MR) is 93.7 cm³/mol. The van der Waals surface area contributed by atoms with Gasteiger partial charge in [-0.1, -0.05) is 11.2 Å². The molecule has 0 aliphatic carbocycles. The number of rotatable bonds is 7. The number of aliphatic carboxylic acids is 1. The molecule has 3 rings (SSSR count). The molecule has 1 fully saturated rings. The molecule has 134 valence electrons. The molecule has 0 radical (unpaired) electrons. The van der Waals surface area contributed by atoms with Crippen molar-refractivity contribution < 1.29 is 14.7 Å². The number of carboxylic acids is 1. The zero-order valence-electron chi connectivity index (χ0n) is 14.0. The molecule has 1 aliphatic rings. The van der Waals surface area contributed by atoms with Crippen LogP contribution in [0.2, 0.25) is 0 Å². The summed E-state index contributed by atoms with van der Waals surface area (Å²) in [4.78, 5) is 24.0. The average molecular weight is 363 g/mol. The number of likely N-dealkylation sites (tertiary alicyclic amines) is 1. The summed E-state index contributed by atoms with van der Waals surface area (Å²) in [5, 5.41) is 19.5. The number of thiophene rings is 1. The maximum atomic E-state index is 11.1. The third kappa shape index (κ3) is 4.43. The van der Waals surface area contributed by atoms with E-state index in [0.29, 0.717) is 31.2 Å². The summed E-state index contributed by atoms with van der Waals surface area (Å²) in [5.41, 5.74) is 0.650. The highest BCUT2D eigenvalue weighted by Gasteiger charge is 2.25. The van der Waals surface area contributed by atoms with Crippen LogP contribution in [0.4, 0.5) is 0 Å². The van der Waals surface area contributed by atoms with Gasteiger partial charge in [-0.05, 0) is 30.8 Å². The molecule has 0 spiro atoms. The zero-order chi connectivity index (χ0) is 17.6. The predicted octanol–water partition coefficient (Wildman–Crippen LogP) is 1.44. The van der Waals surface area contributed by atoms with Gasteiger partial charge in [0, 0.05) is 20.1 Å². The van der Waals surface area contributed by atoms with E-state index in [0.717, 1.165) is 24.3 Å². The van der Waals surface area contributed by atoms with Crippen LogP contribution in [0, 0.1) is 5.92 Å². The van der Waals surface area contributed by atoms with Gasteiger partial charge in [0.25, 0.3) is 0 Å². The van der Waals surface area contributed by atoms with Crippen LogP contribution >= 0.6 is 11.3 Å². The van der Waals surface area contributed by atoms with Gasteiger partial charge in [-0.2, -0.15) is 5.10 Å². The molecule has 1 aliphatic heterocycles. The van der Waals surface area contributed by atoms with Gasteiger partial charge in [0.2, 0.25) is 0 Å². The normalized spacial score (nSPS) is 19.1. The quantitative estimate of drug-likeness (QED) is 0.455. The minimum atomic E-state index is -0.717. The lowest BCUT2D eigenvalue weighted by Crippen LogP contribution is -2.40. The van der Waals surface area contributed by atoms with Crippen LogP contribution in [0.3, 0.4) is 0 Å². The Labute approximate surface area is 149 Å². The fourth-order valence-corrected chi connectivity index (χ4v) is 3.56. The summed E-state index contributed by atoms with van der Waals surface area (Å²) in [6.45, 7) is 2.53. The molecule has 0 bridgehead atoms. The summed E-state index contributed by atoms with van der Waals surface area (Å²) >= 11 is 1.56. The van der Waals surface area contributed by atoms with Crippen molar-refractivity contribution in [1.29, 1.82) is 0 Å². The number of oxime groups is 1. The summed E-state index contributed by atoms with van der Waals surface area (Å²) in [6.07, 6.45) is 3.14. The average Bonchev–Trinajstić information content (AvgIpc) is 3.27. The number of aromatic nitrogens is 3. The van der Waals surface area contributed by atoms with E-state index in [4.69, 9.17) is 9.94 Å². The molecule has 2 aromatic rings. The maximum absolute atomic E-state index is 11.1. The minimum absolute atomic E-state index is 0.280. The Balaban J connectivity index is 1.59. The molecule has 1 atom stereocenters. The van der Waals surface area contributed by atoms with E-state index in [9.17, 15) is 4.79 Å². The van der Waals surface area contributed by atoms with Gasteiger partial charge in [0.1, 0.15) is 12.9 Å². The lowest BCUT2D eigenvalue weighted by Gasteiger charge is -2.29. The number of hydrogen-bond donors (Lipinski definition) is 1. The van der Waals surface area contributed by atoms with Crippen molar-refractivity contribution in [2.24, 2.45) is 18.1 Å². The van der Waals surface area contributed by atoms with Crippen molar-refractivity contribution >= 4 is 23.0 Å². The summed E-state index contributed by atoms with van der Waals surface area (Å²) in [7, 11) is 1.81. The highest BCUT2D eigenvalue weighted by Crippen LogP contribution is 2.17. The molecular weight excluding hydrogens is 342 g/mol. The van der Waals surface area contributed by atoms with Crippen molar-refractivity contribution in [3.8, 4) is 0 Å². The first-order valence-electron chi connectivity index (χ1n) is 8.18. The molecule has 9 heteroatoms. The van der Waals surface area contributed by atoms with E-state index in [1.807, 2.05) is 24.6 Å². The van der Waals surface area contributed by atoms with E-state index in [1.54, 1.807) is 16.0 Å². The Morgan fingerprint density at radius 3 is 3.12 bits per heavy atom. The standard InChI is InChI=1S/C16H21N5O3S/c1-20-15(17-11-18-20)14(13-5-3-9-25-13)19-24-8-7-21-6-2-4-12(10-21)16(22)23/h3,5,9,11-12H,2,4,6-8,10H2,1H3,(H,22,23)/t12-/m1/s1. The molecule has 0 aromatic carbocycles. The van der Waals surface area contributed by atoms with E-state index >= 15 is 0 Å². The van der Waals surface area contributed by atoms with Crippen LogP contribution in [0.5, 0.6) is 0 Å². The lowest BCUT2D eigenvalue weighted by molar-refractivity contribution is -0.143. The fourth-order valence-electron chi connectivity index (χ4n) is 2.86. The van der Waals surface area contributed by atoms with Gasteiger partial charge in [0.05, 0.1) is 10.8 Å². The second-order valence-electron chi connectivity index (χ2n) is 5.94. The first-order chi connectivity index (χ1) is 12.1. The van der Waals surface area contributed by atoms with Crippen LogP contribution in [-0.4, -0.2) is 62.7 Å². The van der Waals surface area contributed by atoms with E-state index < -0.39 is 5.97 Å². The topological polar surface area (TPSA) is 92.8 Å². The van der Waals surface area contributed by atoms with Crippen LogP contribution in [-0.2, 0) is 16.7 Å². The number of piperidine rings is 1. The molecule has 3 heterocycles. The highest BCUT2D eigenvalue weighted by atomic mass is 32.1. The Morgan fingerprint density at radius 2 is 2.44 bits per heavy atom. The number of hydrogen-bond acceptors (Lipinski definition) is 7. The summed E-state index contributed by atoms with van der Waals surface area (Å²) < 4.78 is 1.66. The van der Waals surface area contributed by atoms with Crippen molar-refractivity contribution in [3.05, 3.63) is 34.5 Å². The molecule has 0 amide bonds. The molecule has 8 nitrogen and oxygen atoms in total. The highest BCUT2D eigenvalue weighted by molar-refractivity contribution is 7.12. The van der Waals surface area contributed by atoms with Gasteiger partial charge < -0.3 is 9.94 Å². The number of carbonyl (C=O) groups is 1. The van der Waals surface area contributed by atoms with Gasteiger partial charge in [-0.3, -0.25) is 9.69 Å². The molecule has 0 unspecified atom stereocenters. The SMILES string of the molecule is Cn1ncnc1C(=NOCCN1CCC[C@@H](C(=O)O)C1)c1cccs1. The molecule has 25 heavy (non-hydrogen) atoms. The van der Waals surface area contributed by atoms with Crippen LogP contribution in [0.15, 0.2) is 29.0 Å². The summed E-state index contributed by atoms with van der Waals surface area (Å²) in [6, 6.07) is 3.91. The number of carboxylic acid groups (broad SMARTS) is 1. The second kappa shape index (κ2) is 8.21. The van der Waals surface area contributed by atoms with Gasteiger partial charge in [-0.15, -0.1) is 11.3 Å². The first kappa shape index (κ1) is 17.6. The fraction of sp³-hybridized carbons (Fsp3) is 0.500. The van der Waals surface area contributed by atoms with Crippen molar-refractivity contribution in [2.75, 3.05) is 26.2 Å². The number of nitrogens with zero attached hydrogens (tertiary/aromatic N) is 5. The molecule has 1 N–H and O–H groups in total. The molecule has 0 saturated carbocycles. The minimum Gasteiger partial charge on any atom is -0.481 e. The van der Waals surface area contributed by atoms with Crippen LogP contribution in [0.25, 0.3) is 0 Å². The monoisotopic (exact) mass is 363 g/mol. The third-order valence-electron chi connectivity index (χ3n) is 4.19. The largest absolute Gasteiger partial charge is 0.481 e. The molecule has 1 saturated heterocycles. The van der Waals surface area contributed by atoms with Gasteiger partial charge >= 0.3 is 5.97 Å². The van der Waals surface area contributed by atoms with Crippen LogP contribution in [0.1, 0.15) is 23.5 Å². The Bertz CT molecular complexity index is 728. The second-order valence-corrected chi connectivity index (χ2v) is 6.88. The van der Waals surface area contributed by atoms with Crippen molar-refractivity contribution in [2.45, 2.75) is 12.8 Å². The lowest BCUT2D eigenvalue weighted by atomic mass is 9.98.